The third-order valence-corrected chi connectivity index (χ3v) is 3.84. The van der Waals surface area contributed by atoms with Gasteiger partial charge in [0.2, 0.25) is 0 Å². The molecule has 1 saturated heterocycles. The lowest BCUT2D eigenvalue weighted by Gasteiger charge is -2.29. The predicted octanol–water partition coefficient (Wildman–Crippen LogP) is 2.17. The maximum atomic E-state index is 12.1. The van der Waals surface area contributed by atoms with E-state index in [0.29, 0.717) is 18.4 Å². The van der Waals surface area contributed by atoms with Gasteiger partial charge in [0.05, 0.1) is 0 Å². The number of carbonyl (C=O) groups excluding carboxylic acids is 1. The molecule has 0 aromatic heterocycles. The average Bonchev–Trinajstić information content (AvgIpc) is 2.72. The maximum Gasteiger partial charge on any atom is 0.326 e. The molecule has 0 aliphatic carbocycles. The number of hydrogen-bond acceptors (Lipinski definition) is 2. The van der Waals surface area contributed by atoms with E-state index in [9.17, 15) is 14.7 Å². The zero-order chi connectivity index (χ0) is 14.8. The number of hydrogen-bond donors (Lipinski definition) is 2. The van der Waals surface area contributed by atoms with Crippen LogP contribution in [0.4, 0.5) is 4.79 Å². The summed E-state index contributed by atoms with van der Waals surface area (Å²) in [7, 11) is 0. The van der Waals surface area contributed by atoms with Gasteiger partial charge in [-0.05, 0) is 23.7 Å². The summed E-state index contributed by atoms with van der Waals surface area (Å²) in [6.07, 6.45) is 0.998. The highest BCUT2D eigenvalue weighted by Gasteiger charge is 2.35. The first-order chi connectivity index (χ1) is 8.62. The minimum atomic E-state index is -0.986. The highest BCUT2D eigenvalue weighted by Crippen LogP contribution is 2.24. The van der Waals surface area contributed by atoms with Gasteiger partial charge < -0.3 is 15.3 Å². The van der Waals surface area contributed by atoms with Gasteiger partial charge in [-0.2, -0.15) is 0 Å². The highest BCUT2D eigenvalue weighted by atomic mass is 16.4. The minimum Gasteiger partial charge on any atom is -0.480 e. The zero-order valence-electron chi connectivity index (χ0n) is 12.6. The second-order valence-electron chi connectivity index (χ2n) is 6.83. The molecule has 1 aliphatic rings. The van der Waals surface area contributed by atoms with Crippen molar-refractivity contribution in [2.75, 3.05) is 13.1 Å². The van der Waals surface area contributed by atoms with Crippen molar-refractivity contribution in [1.82, 2.24) is 10.2 Å². The van der Waals surface area contributed by atoms with E-state index in [2.05, 4.69) is 19.2 Å². The van der Waals surface area contributed by atoms with Gasteiger partial charge in [0.1, 0.15) is 6.04 Å². The van der Waals surface area contributed by atoms with Crippen LogP contribution in [0.2, 0.25) is 0 Å². The molecule has 0 saturated carbocycles. The molecule has 0 bridgehead atoms. The molecule has 5 nitrogen and oxygen atoms in total. The molecule has 0 radical (unpaired) electrons. The molecule has 2 amide bonds. The number of carbonyl (C=O) groups is 2. The van der Waals surface area contributed by atoms with Crippen LogP contribution >= 0.6 is 0 Å². The summed E-state index contributed by atoms with van der Waals surface area (Å²) in [5, 5.41) is 11.9. The highest BCUT2D eigenvalue weighted by molar-refractivity contribution is 5.83. The second-order valence-corrected chi connectivity index (χ2v) is 6.83. The molecule has 0 spiro atoms. The molecule has 0 aromatic rings. The predicted molar refractivity (Wildman–Crippen MR) is 73.9 cm³/mol. The molecule has 5 heteroatoms. The number of carboxylic acid groups (broad SMARTS) is 1. The third-order valence-electron chi connectivity index (χ3n) is 3.84. The van der Waals surface area contributed by atoms with E-state index in [0.717, 1.165) is 13.0 Å². The molecule has 1 heterocycles. The van der Waals surface area contributed by atoms with Crippen LogP contribution in [0.15, 0.2) is 0 Å². The van der Waals surface area contributed by atoms with Crippen molar-refractivity contribution >= 4 is 12.0 Å². The first-order valence-electron chi connectivity index (χ1n) is 6.91. The number of likely N-dealkylation sites (tertiary alicyclic amines) is 1. The standard InChI is InChI=1S/C14H26N2O3/c1-9(2)10-6-7-16(8-10)13(19)15-11(12(17)18)14(3,4)5/h9-11H,6-8H2,1-5H3,(H,15,19)(H,17,18)/t10?,11-/m0/s1. The minimum absolute atomic E-state index is 0.259. The molecule has 1 aliphatic heterocycles. The van der Waals surface area contributed by atoms with Crippen molar-refractivity contribution in [3.05, 3.63) is 0 Å². The summed E-state index contributed by atoms with van der Waals surface area (Å²) in [4.78, 5) is 25.1. The Hall–Kier alpha value is -1.26. The molecule has 110 valence electrons. The SMILES string of the molecule is CC(C)C1CCN(C(=O)N[C@@H](C(=O)O)C(C)(C)C)C1. The Kier molecular flexibility index (Phi) is 4.82. The van der Waals surface area contributed by atoms with Gasteiger partial charge in [0, 0.05) is 13.1 Å². The molecule has 2 atom stereocenters. The van der Waals surface area contributed by atoms with Crippen molar-refractivity contribution < 1.29 is 14.7 Å². The van der Waals surface area contributed by atoms with Gasteiger partial charge in [-0.25, -0.2) is 9.59 Å². The number of urea groups is 1. The van der Waals surface area contributed by atoms with Crippen molar-refractivity contribution in [3.8, 4) is 0 Å². The van der Waals surface area contributed by atoms with E-state index >= 15 is 0 Å². The zero-order valence-corrected chi connectivity index (χ0v) is 12.6. The molecule has 1 rings (SSSR count). The Bertz CT molecular complexity index is 347. The van der Waals surface area contributed by atoms with E-state index in [1.165, 1.54) is 0 Å². The quantitative estimate of drug-likeness (QED) is 0.825. The Morgan fingerprint density at radius 3 is 2.26 bits per heavy atom. The average molecular weight is 270 g/mol. The lowest BCUT2D eigenvalue weighted by Crippen LogP contribution is -2.53. The van der Waals surface area contributed by atoms with Crippen LogP contribution in [0, 0.1) is 17.3 Å². The van der Waals surface area contributed by atoms with Crippen LogP contribution < -0.4 is 5.32 Å². The molecular formula is C14H26N2O3. The van der Waals surface area contributed by atoms with Crippen molar-refractivity contribution in [2.24, 2.45) is 17.3 Å². The number of aliphatic carboxylic acids is 1. The largest absolute Gasteiger partial charge is 0.480 e. The van der Waals surface area contributed by atoms with Crippen LogP contribution in [0.25, 0.3) is 0 Å². The Balaban J connectivity index is 2.62. The summed E-state index contributed by atoms with van der Waals surface area (Å²) in [6.45, 7) is 11.2. The summed E-state index contributed by atoms with van der Waals surface area (Å²) >= 11 is 0. The van der Waals surface area contributed by atoms with Gasteiger partial charge in [0.15, 0.2) is 0 Å². The molecule has 19 heavy (non-hydrogen) atoms. The Morgan fingerprint density at radius 1 is 1.32 bits per heavy atom. The fraction of sp³-hybridized carbons (Fsp3) is 0.857. The van der Waals surface area contributed by atoms with E-state index < -0.39 is 17.4 Å². The van der Waals surface area contributed by atoms with E-state index in [-0.39, 0.29) is 6.03 Å². The topological polar surface area (TPSA) is 69.6 Å². The molecule has 1 fully saturated rings. The first kappa shape index (κ1) is 15.8. The van der Waals surface area contributed by atoms with Crippen LogP contribution in [0.3, 0.4) is 0 Å². The molecular weight excluding hydrogens is 244 g/mol. The monoisotopic (exact) mass is 270 g/mol. The number of nitrogens with zero attached hydrogens (tertiary/aromatic N) is 1. The molecule has 0 aromatic carbocycles. The van der Waals surface area contributed by atoms with Crippen LogP contribution in [0.1, 0.15) is 41.0 Å². The number of amides is 2. The molecule has 1 unspecified atom stereocenters. The third kappa shape index (κ3) is 4.11. The maximum absolute atomic E-state index is 12.1. The normalized spacial score (nSPS) is 21.6. The summed E-state index contributed by atoms with van der Waals surface area (Å²) in [5.74, 6) is 0.0832. The van der Waals surface area contributed by atoms with Crippen LogP contribution in [-0.2, 0) is 4.79 Å². The van der Waals surface area contributed by atoms with Gasteiger partial charge in [-0.3, -0.25) is 0 Å². The fourth-order valence-corrected chi connectivity index (χ4v) is 2.38. The Labute approximate surface area is 115 Å². The lowest BCUT2D eigenvalue weighted by molar-refractivity contribution is -0.142. The lowest BCUT2D eigenvalue weighted by atomic mass is 9.87. The van der Waals surface area contributed by atoms with Crippen molar-refractivity contribution in [3.63, 3.8) is 0 Å². The summed E-state index contributed by atoms with van der Waals surface area (Å²) in [5.41, 5.74) is -0.501. The smallest absolute Gasteiger partial charge is 0.326 e. The second kappa shape index (κ2) is 5.80. The van der Waals surface area contributed by atoms with E-state index in [1.807, 2.05) is 20.8 Å². The van der Waals surface area contributed by atoms with E-state index in [4.69, 9.17) is 0 Å². The molecule has 2 N–H and O–H groups in total. The van der Waals surface area contributed by atoms with Gasteiger partial charge in [-0.15, -0.1) is 0 Å². The summed E-state index contributed by atoms with van der Waals surface area (Å²) < 4.78 is 0. The van der Waals surface area contributed by atoms with E-state index in [1.54, 1.807) is 4.90 Å². The van der Waals surface area contributed by atoms with Crippen molar-refractivity contribution in [1.29, 1.82) is 0 Å². The van der Waals surface area contributed by atoms with Crippen LogP contribution in [-0.4, -0.2) is 41.1 Å². The van der Waals surface area contributed by atoms with Gasteiger partial charge >= 0.3 is 12.0 Å². The number of nitrogens with one attached hydrogen (secondary N) is 1. The number of carboxylic acids is 1. The summed E-state index contributed by atoms with van der Waals surface area (Å²) in [6, 6.07) is -1.12. The van der Waals surface area contributed by atoms with Gasteiger partial charge in [0.25, 0.3) is 0 Å². The first-order valence-corrected chi connectivity index (χ1v) is 6.91. The van der Waals surface area contributed by atoms with Gasteiger partial charge in [-0.1, -0.05) is 34.6 Å². The van der Waals surface area contributed by atoms with Crippen molar-refractivity contribution in [2.45, 2.75) is 47.1 Å². The number of rotatable bonds is 3. The van der Waals surface area contributed by atoms with Crippen LogP contribution in [0.5, 0.6) is 0 Å². The Morgan fingerprint density at radius 2 is 1.89 bits per heavy atom. The fourth-order valence-electron chi connectivity index (χ4n) is 2.38.